The van der Waals surface area contributed by atoms with Gasteiger partial charge < -0.3 is 9.79 Å². The fraction of sp³-hybridized carbons (Fsp3) is 1.00. The molecule has 0 heterocycles. The van der Waals surface area contributed by atoms with Crippen LogP contribution in [-0.4, -0.2) is 5.75 Å². The monoisotopic (exact) mass is 386 g/mol. The van der Waals surface area contributed by atoms with Gasteiger partial charge in [-0.15, -0.1) is 11.8 Å². The van der Waals surface area contributed by atoms with Gasteiger partial charge in [-0.3, -0.25) is 0 Å². The molecule has 0 rings (SSSR count). The van der Waals surface area contributed by atoms with Crippen molar-refractivity contribution in [3.05, 3.63) is 0 Å². The zero-order valence-corrected chi connectivity index (χ0v) is 14.8. The van der Waals surface area contributed by atoms with E-state index >= 15 is 0 Å². The summed E-state index contributed by atoms with van der Waals surface area (Å²) in [5.41, 5.74) is -3.51. The maximum absolute atomic E-state index is 10.7. The second-order valence-corrected chi connectivity index (χ2v) is 10.2. The van der Waals surface area contributed by atoms with Crippen molar-refractivity contribution in [2.75, 3.05) is 5.75 Å². The molecular formula is C8H17MoO3PS3. The summed E-state index contributed by atoms with van der Waals surface area (Å²) in [5.74, 6) is 1.18. The molecule has 1 atom stereocenters. The number of unbranched alkanes of at least 4 members (excludes halogenated alkanes) is 1. The molecule has 0 saturated heterocycles. The van der Waals surface area contributed by atoms with E-state index in [0.29, 0.717) is 11.7 Å². The van der Waals surface area contributed by atoms with Gasteiger partial charge in [-0.05, 0) is 18.1 Å². The van der Waals surface area contributed by atoms with E-state index in [2.05, 4.69) is 35.5 Å². The molecule has 0 radical (unpaired) electrons. The predicted octanol–water partition coefficient (Wildman–Crippen LogP) is 2.41. The summed E-state index contributed by atoms with van der Waals surface area (Å²) in [6.45, 7) is 4.24. The Morgan fingerprint density at radius 1 is 1.44 bits per heavy atom. The van der Waals surface area contributed by atoms with E-state index in [-0.39, 0.29) is 0 Å². The molecule has 0 aromatic heterocycles. The Morgan fingerprint density at radius 3 is 2.25 bits per heavy atom. The number of hydrogen-bond donors (Lipinski definition) is 0. The molecule has 0 N–H and O–H groups in total. The molecule has 0 spiro atoms. The molecule has 96 valence electrons. The topological polar surface area (TPSA) is 63.2 Å². The van der Waals surface area contributed by atoms with Crippen LogP contribution in [0, 0.1) is 5.92 Å². The summed E-state index contributed by atoms with van der Waals surface area (Å²) >= 11 is 4.06. The van der Waals surface area contributed by atoms with Crippen molar-refractivity contribution in [2.24, 2.45) is 5.92 Å². The van der Waals surface area contributed by atoms with Crippen LogP contribution in [0.1, 0.15) is 39.5 Å². The standard InChI is InChI=1S/C8H19O2PS2.Mo.O.S/c1-3-5-6-8(4-2)7-13-11(9,10)12;;;/h8H,3-7H2,1-2H3,(H2,9,10,12);;;/q;+2;;/p-2. The molecule has 0 aliphatic carbocycles. The Hall–Kier alpha value is 1.63. The second kappa shape index (κ2) is 13.1. The van der Waals surface area contributed by atoms with Crippen LogP contribution in [0.5, 0.6) is 0 Å². The summed E-state index contributed by atoms with van der Waals surface area (Å²) in [7, 11) is 3.97. The molecule has 0 aromatic rings. The number of rotatable bonds is 7. The summed E-state index contributed by atoms with van der Waals surface area (Å²) in [5, 5.41) is 0. The van der Waals surface area contributed by atoms with Crippen LogP contribution in [0.4, 0.5) is 0 Å². The average molecular weight is 384 g/mol. The van der Waals surface area contributed by atoms with Crippen LogP contribution in [-0.2, 0) is 31.9 Å². The molecular weight excluding hydrogens is 367 g/mol. The van der Waals surface area contributed by atoms with E-state index in [1.165, 1.54) is 12.8 Å². The molecule has 1 unspecified atom stereocenters. The van der Waals surface area contributed by atoms with Crippen LogP contribution >= 0.6 is 26.9 Å². The molecule has 0 fully saturated rings. The van der Waals surface area contributed by atoms with E-state index < -0.39 is 22.4 Å². The maximum atomic E-state index is 10.7. The summed E-state index contributed by atoms with van der Waals surface area (Å²) in [6.07, 6.45) is 4.52. The predicted molar refractivity (Wildman–Crippen MR) is 68.3 cm³/mol. The molecule has 0 aromatic carbocycles. The molecule has 3 nitrogen and oxygen atoms in total. The normalized spacial score (nSPS) is 12.2. The van der Waals surface area contributed by atoms with Crippen LogP contribution in [0.3, 0.4) is 0 Å². The van der Waals surface area contributed by atoms with Crippen molar-refractivity contribution in [2.45, 2.75) is 39.5 Å². The summed E-state index contributed by atoms with van der Waals surface area (Å²) in [6, 6.07) is 0. The van der Waals surface area contributed by atoms with Gasteiger partial charge in [0.2, 0.25) is 0 Å². The quantitative estimate of drug-likeness (QED) is 0.496. The first-order valence-corrected chi connectivity index (χ1v) is 12.8. The van der Waals surface area contributed by atoms with E-state index in [1.807, 2.05) is 0 Å². The summed E-state index contributed by atoms with van der Waals surface area (Å²) < 4.78 is 8.88. The first kappa shape index (κ1) is 20.0. The fourth-order valence-electron chi connectivity index (χ4n) is 1.09. The van der Waals surface area contributed by atoms with Crippen molar-refractivity contribution >= 4 is 38.7 Å². The molecule has 16 heavy (non-hydrogen) atoms. The van der Waals surface area contributed by atoms with Gasteiger partial charge in [0.05, 0.1) is 0 Å². The Kier molecular flexibility index (Phi) is 16.3. The Morgan fingerprint density at radius 2 is 1.94 bits per heavy atom. The van der Waals surface area contributed by atoms with Crippen molar-refractivity contribution in [1.82, 2.24) is 0 Å². The van der Waals surface area contributed by atoms with Crippen molar-refractivity contribution in [3.63, 3.8) is 0 Å². The third-order valence-corrected chi connectivity index (χ3v) is 5.29. The van der Waals surface area contributed by atoms with Gasteiger partial charge in [0.25, 0.3) is 0 Å². The fourth-order valence-corrected chi connectivity index (χ4v) is 3.62. The molecule has 0 bridgehead atoms. The molecule has 0 aliphatic rings. The van der Waals surface area contributed by atoms with Gasteiger partial charge in [0.15, 0.2) is 0 Å². The van der Waals surface area contributed by atoms with Crippen molar-refractivity contribution < 1.29 is 29.9 Å². The number of hydrogen-bond acceptors (Lipinski definition) is 6. The Balaban J connectivity index is 0. The van der Waals surface area contributed by atoms with Gasteiger partial charge in [-0.25, -0.2) is 0 Å². The van der Waals surface area contributed by atoms with Gasteiger partial charge in [0.1, 0.15) is 0 Å². The molecule has 0 aliphatic heterocycles. The SMILES string of the molecule is CCCCC(CC)CSP([O-])([O-])=S.[O]=[Mo+2]=[S]. The zero-order chi connectivity index (χ0) is 13.0. The third kappa shape index (κ3) is 18.0. The van der Waals surface area contributed by atoms with Crippen LogP contribution < -0.4 is 9.79 Å². The first-order chi connectivity index (χ1) is 7.41. The molecule has 0 saturated carbocycles. The molecule has 0 amide bonds. The summed E-state index contributed by atoms with van der Waals surface area (Å²) in [4.78, 5) is 21.5. The minimum atomic E-state index is -3.51. The third-order valence-electron chi connectivity index (χ3n) is 2.01. The van der Waals surface area contributed by atoms with Gasteiger partial charge in [-0.2, -0.15) is 17.1 Å². The second-order valence-electron chi connectivity index (χ2n) is 3.23. The first-order valence-electron chi connectivity index (χ1n) is 4.99. The van der Waals surface area contributed by atoms with E-state index in [4.69, 9.17) is 3.40 Å². The van der Waals surface area contributed by atoms with Crippen molar-refractivity contribution in [3.8, 4) is 0 Å². The Labute approximate surface area is 119 Å². The minimum absolute atomic E-state index is 0.509. The van der Waals surface area contributed by atoms with E-state index in [0.717, 1.165) is 24.2 Å². The van der Waals surface area contributed by atoms with Crippen molar-refractivity contribution in [1.29, 1.82) is 0 Å². The average Bonchev–Trinajstić information content (AvgIpc) is 2.18. The molecule has 8 heteroatoms. The van der Waals surface area contributed by atoms with Gasteiger partial charge >= 0.3 is 29.9 Å². The zero-order valence-electron chi connectivity index (χ0n) is 9.42. The van der Waals surface area contributed by atoms with Crippen LogP contribution in [0.15, 0.2) is 0 Å². The Bertz CT molecular complexity index is 241. The van der Waals surface area contributed by atoms with Gasteiger partial charge in [-0.1, -0.05) is 33.1 Å². The van der Waals surface area contributed by atoms with Crippen LogP contribution in [0.2, 0.25) is 0 Å². The van der Waals surface area contributed by atoms with E-state index in [9.17, 15) is 9.79 Å². The van der Waals surface area contributed by atoms with Gasteiger partial charge in [0, 0.05) is 0 Å². The van der Waals surface area contributed by atoms with Crippen LogP contribution in [0.25, 0.3) is 0 Å². The van der Waals surface area contributed by atoms with E-state index in [1.54, 1.807) is 0 Å².